The van der Waals surface area contributed by atoms with Gasteiger partial charge in [0.15, 0.2) is 0 Å². The van der Waals surface area contributed by atoms with E-state index in [0.29, 0.717) is 5.56 Å². The van der Waals surface area contributed by atoms with Crippen LogP contribution < -0.4 is 10.6 Å². The van der Waals surface area contributed by atoms with Gasteiger partial charge < -0.3 is 10.4 Å². The van der Waals surface area contributed by atoms with Crippen molar-refractivity contribution in [2.45, 2.75) is 12.0 Å². The van der Waals surface area contributed by atoms with Gasteiger partial charge in [-0.1, -0.05) is 30.3 Å². The van der Waals surface area contributed by atoms with Crippen molar-refractivity contribution in [2.24, 2.45) is 0 Å². The van der Waals surface area contributed by atoms with Gasteiger partial charge >= 0.3 is 5.97 Å². The Balaban J connectivity index is 1.94. The molecule has 102 valence electrons. The number of aliphatic carboxylic acids is 1. The Labute approximate surface area is 115 Å². The third kappa shape index (κ3) is 3.71. The third-order valence-electron chi connectivity index (χ3n) is 3.01. The van der Waals surface area contributed by atoms with E-state index in [1.54, 1.807) is 36.0 Å². The van der Waals surface area contributed by atoms with Crippen LogP contribution >= 0.6 is 11.8 Å². The van der Waals surface area contributed by atoms with Gasteiger partial charge in [0.1, 0.15) is 0 Å². The number of thioether (sulfide) groups is 1. The van der Waals surface area contributed by atoms with Gasteiger partial charge in [0.05, 0.1) is 12.0 Å². The average Bonchev–Trinajstić information content (AvgIpc) is 2.93. The normalized spacial score (nSPS) is 19.9. The maximum Gasteiger partial charge on any atom is 0.312 e. The largest absolute Gasteiger partial charge is 0.481 e. The van der Waals surface area contributed by atoms with Crippen molar-refractivity contribution in [3.63, 3.8) is 0 Å². The molecule has 3 N–H and O–H groups in total. The van der Waals surface area contributed by atoms with Crippen molar-refractivity contribution >= 4 is 23.6 Å². The van der Waals surface area contributed by atoms with Crippen LogP contribution in [0.1, 0.15) is 11.5 Å². The molecule has 0 saturated carbocycles. The zero-order valence-corrected chi connectivity index (χ0v) is 11.2. The molecule has 1 aliphatic rings. The fourth-order valence-corrected chi connectivity index (χ4v) is 2.86. The van der Waals surface area contributed by atoms with E-state index in [1.807, 2.05) is 6.07 Å². The first kappa shape index (κ1) is 13.9. The summed E-state index contributed by atoms with van der Waals surface area (Å²) in [5.41, 5.74) is 0.698. The topological polar surface area (TPSA) is 78.4 Å². The maximum absolute atomic E-state index is 11.8. The molecular weight excluding hydrogens is 264 g/mol. The van der Waals surface area contributed by atoms with Crippen LogP contribution in [0.2, 0.25) is 0 Å². The molecule has 0 bridgehead atoms. The first-order chi connectivity index (χ1) is 9.18. The van der Waals surface area contributed by atoms with Gasteiger partial charge in [0.25, 0.3) is 0 Å². The van der Waals surface area contributed by atoms with E-state index in [9.17, 15) is 14.7 Å². The van der Waals surface area contributed by atoms with E-state index in [1.165, 1.54) is 0 Å². The van der Waals surface area contributed by atoms with Crippen molar-refractivity contribution in [3.05, 3.63) is 35.9 Å². The van der Waals surface area contributed by atoms with Gasteiger partial charge in [-0.15, -0.1) is 11.8 Å². The summed E-state index contributed by atoms with van der Waals surface area (Å²) < 4.78 is 0. The third-order valence-corrected chi connectivity index (χ3v) is 3.95. The standard InChI is InChI=1S/C13H16N2O3S/c16-12(11-7-19-8-15-11)14-6-10(13(17)18)9-4-2-1-3-5-9/h1-5,10-11,15H,6-8H2,(H,14,16)(H,17,18). The Kier molecular flexibility index (Phi) is 4.81. The summed E-state index contributed by atoms with van der Waals surface area (Å²) in [4.78, 5) is 23.1. The second-order valence-corrected chi connectivity index (χ2v) is 5.35. The number of hydrogen-bond donors (Lipinski definition) is 3. The molecule has 1 fully saturated rings. The molecule has 5 nitrogen and oxygen atoms in total. The molecule has 1 heterocycles. The summed E-state index contributed by atoms with van der Waals surface area (Å²) in [5, 5.41) is 15.0. The highest BCUT2D eigenvalue weighted by atomic mass is 32.2. The monoisotopic (exact) mass is 280 g/mol. The molecule has 6 heteroatoms. The van der Waals surface area contributed by atoms with E-state index in [4.69, 9.17) is 0 Å². The molecule has 19 heavy (non-hydrogen) atoms. The van der Waals surface area contributed by atoms with Crippen molar-refractivity contribution in [1.29, 1.82) is 0 Å². The minimum absolute atomic E-state index is 0.112. The van der Waals surface area contributed by atoms with Gasteiger partial charge in [-0.2, -0.15) is 0 Å². The van der Waals surface area contributed by atoms with Gasteiger partial charge in [-0.25, -0.2) is 0 Å². The molecule has 0 spiro atoms. The molecular formula is C13H16N2O3S. The number of hydrogen-bond acceptors (Lipinski definition) is 4. The molecule has 1 amide bonds. The van der Waals surface area contributed by atoms with Crippen LogP contribution in [0.4, 0.5) is 0 Å². The summed E-state index contributed by atoms with van der Waals surface area (Å²) in [7, 11) is 0. The van der Waals surface area contributed by atoms with Crippen LogP contribution in [0, 0.1) is 0 Å². The van der Waals surface area contributed by atoms with Crippen molar-refractivity contribution in [1.82, 2.24) is 10.6 Å². The molecule has 1 aromatic carbocycles. The number of carbonyl (C=O) groups excluding carboxylic acids is 1. The van der Waals surface area contributed by atoms with Crippen molar-refractivity contribution < 1.29 is 14.7 Å². The first-order valence-electron chi connectivity index (χ1n) is 6.05. The molecule has 1 saturated heterocycles. The lowest BCUT2D eigenvalue weighted by molar-refractivity contribution is -0.138. The summed E-state index contributed by atoms with van der Waals surface area (Å²) in [6, 6.07) is 8.73. The van der Waals surface area contributed by atoms with Crippen LogP contribution in [-0.2, 0) is 9.59 Å². The second-order valence-electron chi connectivity index (χ2n) is 4.32. The van der Waals surface area contributed by atoms with Crippen LogP contribution in [-0.4, -0.2) is 41.2 Å². The minimum atomic E-state index is -0.930. The summed E-state index contributed by atoms with van der Waals surface area (Å²) in [5.74, 6) is -0.278. The Bertz CT molecular complexity index is 446. The van der Waals surface area contributed by atoms with Crippen LogP contribution in [0.3, 0.4) is 0 Å². The highest BCUT2D eigenvalue weighted by molar-refractivity contribution is 7.99. The van der Waals surface area contributed by atoms with E-state index >= 15 is 0 Å². The van der Waals surface area contributed by atoms with Crippen molar-refractivity contribution in [2.75, 3.05) is 18.2 Å². The Hall–Kier alpha value is -1.53. The Morgan fingerprint density at radius 1 is 1.42 bits per heavy atom. The molecule has 0 aliphatic carbocycles. The fourth-order valence-electron chi connectivity index (χ4n) is 1.92. The molecule has 2 unspecified atom stereocenters. The maximum atomic E-state index is 11.8. The van der Waals surface area contributed by atoms with Crippen molar-refractivity contribution in [3.8, 4) is 0 Å². The van der Waals surface area contributed by atoms with Crippen LogP contribution in [0.5, 0.6) is 0 Å². The number of nitrogens with one attached hydrogen (secondary N) is 2. The Morgan fingerprint density at radius 3 is 2.74 bits per heavy atom. The lowest BCUT2D eigenvalue weighted by Gasteiger charge is -2.15. The van der Waals surface area contributed by atoms with E-state index in [-0.39, 0.29) is 18.5 Å². The predicted molar refractivity (Wildman–Crippen MR) is 74.1 cm³/mol. The molecule has 2 rings (SSSR count). The molecule has 1 aromatic rings. The predicted octanol–water partition coefficient (Wildman–Crippen LogP) is 0.633. The average molecular weight is 280 g/mol. The van der Waals surface area contributed by atoms with E-state index < -0.39 is 11.9 Å². The molecule has 0 aromatic heterocycles. The van der Waals surface area contributed by atoms with Gasteiger partial charge in [0, 0.05) is 18.2 Å². The zero-order chi connectivity index (χ0) is 13.7. The highest BCUT2D eigenvalue weighted by Crippen LogP contribution is 2.15. The summed E-state index contributed by atoms with van der Waals surface area (Å²) in [6.07, 6.45) is 0. The molecule has 2 atom stereocenters. The molecule has 0 radical (unpaired) electrons. The number of benzene rings is 1. The van der Waals surface area contributed by atoms with E-state index in [0.717, 1.165) is 11.6 Å². The second kappa shape index (κ2) is 6.58. The zero-order valence-electron chi connectivity index (χ0n) is 10.3. The van der Waals surface area contributed by atoms with Gasteiger partial charge in [-0.05, 0) is 5.56 Å². The SMILES string of the molecule is O=C(NCC(C(=O)O)c1ccccc1)C1CSCN1. The van der Waals surface area contributed by atoms with Crippen LogP contribution in [0.15, 0.2) is 30.3 Å². The van der Waals surface area contributed by atoms with E-state index in [2.05, 4.69) is 10.6 Å². The minimum Gasteiger partial charge on any atom is -0.481 e. The molecule has 1 aliphatic heterocycles. The number of carboxylic acids is 1. The number of carboxylic acid groups (broad SMARTS) is 1. The quantitative estimate of drug-likeness (QED) is 0.737. The van der Waals surface area contributed by atoms with Gasteiger partial charge in [-0.3, -0.25) is 14.9 Å². The first-order valence-corrected chi connectivity index (χ1v) is 7.20. The highest BCUT2D eigenvalue weighted by Gasteiger charge is 2.25. The number of carbonyl (C=O) groups is 2. The lowest BCUT2D eigenvalue weighted by Crippen LogP contribution is -2.44. The number of rotatable bonds is 5. The Morgan fingerprint density at radius 2 is 2.16 bits per heavy atom. The fraction of sp³-hybridized carbons (Fsp3) is 0.385. The lowest BCUT2D eigenvalue weighted by atomic mass is 9.99. The summed E-state index contributed by atoms with van der Waals surface area (Å²) >= 11 is 1.66. The summed E-state index contributed by atoms with van der Waals surface area (Å²) in [6.45, 7) is 0.112. The van der Waals surface area contributed by atoms with Crippen LogP contribution in [0.25, 0.3) is 0 Å². The number of amides is 1. The smallest absolute Gasteiger partial charge is 0.312 e. The van der Waals surface area contributed by atoms with Gasteiger partial charge in [0.2, 0.25) is 5.91 Å².